The fourth-order valence-electron chi connectivity index (χ4n) is 1.19. The highest BCUT2D eigenvalue weighted by molar-refractivity contribution is 5.99. The van der Waals surface area contributed by atoms with Gasteiger partial charge in [0.1, 0.15) is 0 Å². The molecule has 92 valence electrons. The van der Waals surface area contributed by atoms with E-state index in [0.717, 1.165) is 0 Å². The van der Waals surface area contributed by atoms with Crippen molar-refractivity contribution in [3.63, 3.8) is 0 Å². The van der Waals surface area contributed by atoms with Crippen molar-refractivity contribution < 1.29 is 23.9 Å². The first-order valence-corrected chi connectivity index (χ1v) is 4.88. The van der Waals surface area contributed by atoms with E-state index < -0.39 is 29.4 Å². The van der Waals surface area contributed by atoms with Crippen LogP contribution in [0.15, 0.2) is 0 Å². The highest BCUT2D eigenvalue weighted by atomic mass is 16.6. The lowest BCUT2D eigenvalue weighted by atomic mass is 9.81. The molecule has 6 nitrogen and oxygen atoms in total. The standard InChI is InChI=1S/C10H17NO5/c1-5-15-7(12)6(10(2,3)4)8(13)16-9(11)14/h6H,5H2,1-4H3,(H2,11,14). The number of amides is 1. The van der Waals surface area contributed by atoms with Gasteiger partial charge >= 0.3 is 18.0 Å². The van der Waals surface area contributed by atoms with Crippen LogP contribution in [0.2, 0.25) is 0 Å². The van der Waals surface area contributed by atoms with E-state index in [0.29, 0.717) is 0 Å². The maximum atomic E-state index is 11.5. The maximum absolute atomic E-state index is 11.5. The van der Waals surface area contributed by atoms with Crippen LogP contribution in [-0.2, 0) is 19.1 Å². The predicted octanol–water partition coefficient (Wildman–Crippen LogP) is 0.834. The summed E-state index contributed by atoms with van der Waals surface area (Å²) < 4.78 is 8.95. The molecule has 1 amide bonds. The second-order valence-corrected chi connectivity index (χ2v) is 4.29. The van der Waals surface area contributed by atoms with E-state index in [1.165, 1.54) is 0 Å². The lowest BCUT2D eigenvalue weighted by molar-refractivity contribution is -0.163. The third kappa shape index (κ3) is 4.29. The van der Waals surface area contributed by atoms with Gasteiger partial charge in [0.15, 0.2) is 5.92 Å². The van der Waals surface area contributed by atoms with Gasteiger partial charge in [-0.05, 0) is 12.3 Å². The Morgan fingerprint density at radius 1 is 1.19 bits per heavy atom. The fraction of sp³-hybridized carbons (Fsp3) is 0.700. The number of ether oxygens (including phenoxy) is 2. The van der Waals surface area contributed by atoms with Crippen LogP contribution in [0.25, 0.3) is 0 Å². The van der Waals surface area contributed by atoms with Crippen molar-refractivity contribution >= 4 is 18.0 Å². The Morgan fingerprint density at radius 3 is 2.00 bits per heavy atom. The van der Waals surface area contributed by atoms with E-state index in [2.05, 4.69) is 4.74 Å². The summed E-state index contributed by atoms with van der Waals surface area (Å²) in [6.45, 7) is 6.76. The number of nitrogens with two attached hydrogens (primary N) is 1. The zero-order chi connectivity index (χ0) is 12.9. The smallest absolute Gasteiger partial charge is 0.412 e. The van der Waals surface area contributed by atoms with E-state index in [1.807, 2.05) is 0 Å². The highest BCUT2D eigenvalue weighted by Crippen LogP contribution is 2.28. The molecule has 16 heavy (non-hydrogen) atoms. The average molecular weight is 231 g/mol. The molecule has 0 rings (SSSR count). The molecule has 6 heteroatoms. The van der Waals surface area contributed by atoms with Crippen LogP contribution in [-0.4, -0.2) is 24.6 Å². The van der Waals surface area contributed by atoms with E-state index >= 15 is 0 Å². The molecule has 0 aliphatic heterocycles. The molecule has 0 aromatic carbocycles. The van der Waals surface area contributed by atoms with Gasteiger partial charge in [-0.2, -0.15) is 0 Å². The first-order chi connectivity index (χ1) is 7.20. The lowest BCUT2D eigenvalue weighted by Crippen LogP contribution is -2.39. The summed E-state index contributed by atoms with van der Waals surface area (Å²) in [6, 6.07) is 0. The molecule has 0 aromatic rings. The number of carbonyl (C=O) groups excluding carboxylic acids is 3. The van der Waals surface area contributed by atoms with Crippen LogP contribution in [0.4, 0.5) is 4.79 Å². The van der Waals surface area contributed by atoms with Crippen molar-refractivity contribution in [2.75, 3.05) is 6.61 Å². The van der Waals surface area contributed by atoms with Crippen molar-refractivity contribution in [2.24, 2.45) is 17.1 Å². The minimum Gasteiger partial charge on any atom is -0.465 e. The topological polar surface area (TPSA) is 95.7 Å². The minimum atomic E-state index is -1.23. The normalized spacial score (nSPS) is 12.8. The Bertz CT molecular complexity index is 292. The second kappa shape index (κ2) is 5.48. The van der Waals surface area contributed by atoms with Gasteiger partial charge in [0, 0.05) is 0 Å². The number of primary amides is 1. The van der Waals surface area contributed by atoms with E-state index in [9.17, 15) is 14.4 Å². The zero-order valence-corrected chi connectivity index (χ0v) is 9.90. The van der Waals surface area contributed by atoms with Gasteiger partial charge in [-0.15, -0.1) is 0 Å². The van der Waals surface area contributed by atoms with Crippen LogP contribution in [0.3, 0.4) is 0 Å². The zero-order valence-electron chi connectivity index (χ0n) is 9.90. The van der Waals surface area contributed by atoms with E-state index in [1.54, 1.807) is 27.7 Å². The molecule has 0 bridgehead atoms. The van der Waals surface area contributed by atoms with Crippen molar-refractivity contribution in [1.29, 1.82) is 0 Å². The molecule has 0 saturated heterocycles. The lowest BCUT2D eigenvalue weighted by Gasteiger charge is -2.25. The van der Waals surface area contributed by atoms with Gasteiger partial charge in [-0.1, -0.05) is 20.8 Å². The molecule has 0 heterocycles. The van der Waals surface area contributed by atoms with Gasteiger partial charge in [-0.25, -0.2) is 4.79 Å². The van der Waals surface area contributed by atoms with Crippen LogP contribution >= 0.6 is 0 Å². The monoisotopic (exact) mass is 231 g/mol. The van der Waals surface area contributed by atoms with Crippen molar-refractivity contribution in [3.05, 3.63) is 0 Å². The number of carbonyl (C=O) groups is 3. The van der Waals surface area contributed by atoms with E-state index in [4.69, 9.17) is 10.5 Å². The molecule has 0 fully saturated rings. The molecule has 0 saturated carbocycles. The molecule has 1 unspecified atom stereocenters. The summed E-state index contributed by atoms with van der Waals surface area (Å²) in [6.07, 6.45) is -1.23. The van der Waals surface area contributed by atoms with Crippen LogP contribution in [0.1, 0.15) is 27.7 Å². The number of esters is 2. The Hall–Kier alpha value is -1.59. The maximum Gasteiger partial charge on any atom is 0.412 e. The Balaban J connectivity index is 4.88. The van der Waals surface area contributed by atoms with Gasteiger partial charge in [0.2, 0.25) is 0 Å². The number of rotatable bonds is 3. The van der Waals surface area contributed by atoms with Crippen LogP contribution < -0.4 is 5.73 Å². The van der Waals surface area contributed by atoms with Gasteiger partial charge in [0.05, 0.1) is 6.61 Å². The second-order valence-electron chi connectivity index (χ2n) is 4.29. The Kier molecular flexibility index (Phi) is 4.94. The first-order valence-electron chi connectivity index (χ1n) is 4.88. The van der Waals surface area contributed by atoms with Gasteiger partial charge in [-0.3, -0.25) is 9.59 Å². The molecule has 0 aromatic heterocycles. The van der Waals surface area contributed by atoms with E-state index in [-0.39, 0.29) is 6.61 Å². The molecule has 0 aliphatic carbocycles. The quantitative estimate of drug-likeness (QED) is 0.573. The Labute approximate surface area is 94.1 Å². The fourth-order valence-corrected chi connectivity index (χ4v) is 1.19. The number of hydrogen-bond donors (Lipinski definition) is 1. The van der Waals surface area contributed by atoms with Gasteiger partial charge < -0.3 is 15.2 Å². The summed E-state index contributed by atoms with van der Waals surface area (Å²) in [4.78, 5) is 33.5. The average Bonchev–Trinajstić information content (AvgIpc) is 1.99. The van der Waals surface area contributed by atoms with Crippen molar-refractivity contribution in [3.8, 4) is 0 Å². The highest BCUT2D eigenvalue weighted by Gasteiger charge is 2.41. The summed E-state index contributed by atoms with van der Waals surface area (Å²) in [7, 11) is 0. The molecule has 2 N–H and O–H groups in total. The third-order valence-corrected chi connectivity index (χ3v) is 1.83. The largest absolute Gasteiger partial charge is 0.465 e. The first kappa shape index (κ1) is 14.4. The van der Waals surface area contributed by atoms with Gasteiger partial charge in [0.25, 0.3) is 0 Å². The summed E-state index contributed by atoms with van der Waals surface area (Å²) in [5.74, 6) is -2.88. The Morgan fingerprint density at radius 2 is 1.69 bits per heavy atom. The molecular weight excluding hydrogens is 214 g/mol. The molecule has 0 radical (unpaired) electrons. The predicted molar refractivity (Wildman–Crippen MR) is 55.3 cm³/mol. The summed E-state index contributed by atoms with van der Waals surface area (Å²) in [5, 5.41) is 0. The van der Waals surface area contributed by atoms with Crippen molar-refractivity contribution in [2.45, 2.75) is 27.7 Å². The third-order valence-electron chi connectivity index (χ3n) is 1.83. The summed E-state index contributed by atoms with van der Waals surface area (Å²) >= 11 is 0. The molecule has 1 atom stereocenters. The summed E-state index contributed by atoms with van der Waals surface area (Å²) in [5.41, 5.74) is 4.00. The molecule has 0 aliphatic rings. The van der Waals surface area contributed by atoms with Crippen molar-refractivity contribution in [1.82, 2.24) is 0 Å². The molecular formula is C10H17NO5. The number of hydrogen-bond acceptors (Lipinski definition) is 5. The minimum absolute atomic E-state index is 0.148. The van der Waals surface area contributed by atoms with Crippen LogP contribution in [0.5, 0.6) is 0 Å². The SMILES string of the molecule is CCOC(=O)C(C(=O)OC(N)=O)C(C)(C)C. The molecule has 0 spiro atoms. The van der Waals surface area contributed by atoms with Crippen LogP contribution in [0, 0.1) is 11.3 Å².